The Morgan fingerprint density at radius 2 is 1.87 bits per heavy atom. The SMILES string of the molecule is CC[C@H](NC(=O)/C=C/c1ccc(F)cc1)c1ccc(C)cc1C. The lowest BCUT2D eigenvalue weighted by atomic mass is 9.97. The Morgan fingerprint density at radius 3 is 2.48 bits per heavy atom. The van der Waals surface area contributed by atoms with Crippen molar-refractivity contribution in [2.75, 3.05) is 0 Å². The molecule has 2 aromatic rings. The molecule has 0 unspecified atom stereocenters. The molecular weight excluding hydrogens is 289 g/mol. The van der Waals surface area contributed by atoms with Crippen LogP contribution in [-0.2, 0) is 4.79 Å². The lowest BCUT2D eigenvalue weighted by Crippen LogP contribution is -2.26. The zero-order valence-electron chi connectivity index (χ0n) is 13.8. The maximum atomic E-state index is 12.9. The molecule has 0 aliphatic carbocycles. The lowest BCUT2D eigenvalue weighted by Gasteiger charge is -2.19. The molecule has 0 saturated heterocycles. The number of rotatable bonds is 5. The number of carbonyl (C=O) groups excluding carboxylic acids is 1. The second kappa shape index (κ2) is 7.73. The molecule has 3 heteroatoms. The quantitative estimate of drug-likeness (QED) is 0.795. The summed E-state index contributed by atoms with van der Waals surface area (Å²) >= 11 is 0. The number of benzene rings is 2. The van der Waals surface area contributed by atoms with E-state index in [0.29, 0.717) is 0 Å². The first-order chi connectivity index (χ1) is 11.0. The maximum Gasteiger partial charge on any atom is 0.244 e. The van der Waals surface area contributed by atoms with Crippen LogP contribution in [0.5, 0.6) is 0 Å². The monoisotopic (exact) mass is 311 g/mol. The van der Waals surface area contributed by atoms with E-state index in [9.17, 15) is 9.18 Å². The van der Waals surface area contributed by atoms with E-state index in [2.05, 4.69) is 37.4 Å². The molecule has 0 aromatic heterocycles. The molecule has 0 aliphatic rings. The minimum atomic E-state index is -0.285. The van der Waals surface area contributed by atoms with Gasteiger partial charge in [-0.05, 0) is 55.2 Å². The van der Waals surface area contributed by atoms with Crippen molar-refractivity contribution >= 4 is 12.0 Å². The Morgan fingerprint density at radius 1 is 1.17 bits per heavy atom. The largest absolute Gasteiger partial charge is 0.346 e. The molecule has 2 aromatic carbocycles. The Bertz CT molecular complexity index is 704. The van der Waals surface area contributed by atoms with Crippen molar-refractivity contribution in [2.24, 2.45) is 0 Å². The summed E-state index contributed by atoms with van der Waals surface area (Å²) < 4.78 is 12.9. The molecule has 0 radical (unpaired) electrons. The summed E-state index contributed by atoms with van der Waals surface area (Å²) in [6, 6.07) is 12.3. The van der Waals surface area contributed by atoms with Crippen LogP contribution in [0.4, 0.5) is 4.39 Å². The normalized spacial score (nSPS) is 12.3. The standard InChI is InChI=1S/C20H22FNO/c1-4-19(18-11-5-14(2)13-15(18)3)22-20(23)12-8-16-6-9-17(21)10-7-16/h5-13,19H,4H2,1-3H3,(H,22,23)/b12-8+/t19-/m0/s1. The Balaban J connectivity index is 2.06. The summed E-state index contributed by atoms with van der Waals surface area (Å²) in [6.45, 7) is 6.17. The van der Waals surface area contributed by atoms with Gasteiger partial charge in [0.15, 0.2) is 0 Å². The van der Waals surface area contributed by atoms with Crippen molar-refractivity contribution in [2.45, 2.75) is 33.2 Å². The molecule has 0 heterocycles. The fraction of sp³-hybridized carbons (Fsp3) is 0.250. The summed E-state index contributed by atoms with van der Waals surface area (Å²) in [6.07, 6.45) is 3.99. The number of hydrogen-bond acceptors (Lipinski definition) is 1. The van der Waals surface area contributed by atoms with Crippen LogP contribution in [0.25, 0.3) is 6.08 Å². The number of nitrogens with one attached hydrogen (secondary N) is 1. The highest BCUT2D eigenvalue weighted by molar-refractivity contribution is 5.92. The van der Waals surface area contributed by atoms with Gasteiger partial charge in [-0.3, -0.25) is 4.79 Å². The van der Waals surface area contributed by atoms with Crippen LogP contribution >= 0.6 is 0 Å². The van der Waals surface area contributed by atoms with E-state index in [1.807, 2.05) is 6.92 Å². The van der Waals surface area contributed by atoms with Crippen LogP contribution < -0.4 is 5.32 Å². The number of halogens is 1. The van der Waals surface area contributed by atoms with Crippen molar-refractivity contribution in [1.82, 2.24) is 5.32 Å². The maximum absolute atomic E-state index is 12.9. The fourth-order valence-corrected chi connectivity index (χ4v) is 2.58. The van der Waals surface area contributed by atoms with Crippen molar-refractivity contribution in [3.63, 3.8) is 0 Å². The molecule has 0 aliphatic heterocycles. The van der Waals surface area contributed by atoms with E-state index in [-0.39, 0.29) is 17.8 Å². The minimum absolute atomic E-state index is 0.0130. The van der Waals surface area contributed by atoms with Gasteiger partial charge in [-0.15, -0.1) is 0 Å². The predicted octanol–water partition coefficient (Wildman–Crippen LogP) is 4.72. The molecule has 0 fully saturated rings. The van der Waals surface area contributed by atoms with Gasteiger partial charge in [0.05, 0.1) is 6.04 Å². The molecule has 0 bridgehead atoms. The zero-order valence-corrected chi connectivity index (χ0v) is 13.8. The van der Waals surface area contributed by atoms with Crippen molar-refractivity contribution in [3.05, 3.63) is 76.6 Å². The van der Waals surface area contributed by atoms with Crippen LogP contribution in [0, 0.1) is 19.7 Å². The molecule has 120 valence electrons. The third-order valence-corrected chi connectivity index (χ3v) is 3.82. The highest BCUT2D eigenvalue weighted by Crippen LogP contribution is 2.21. The lowest BCUT2D eigenvalue weighted by molar-refractivity contribution is -0.117. The molecule has 1 N–H and O–H groups in total. The average molecular weight is 311 g/mol. The van der Waals surface area contributed by atoms with Crippen LogP contribution in [0.2, 0.25) is 0 Å². The second-order valence-electron chi connectivity index (χ2n) is 5.71. The topological polar surface area (TPSA) is 29.1 Å². The van der Waals surface area contributed by atoms with E-state index in [4.69, 9.17) is 0 Å². The summed E-state index contributed by atoms with van der Waals surface area (Å²) in [7, 11) is 0. The van der Waals surface area contributed by atoms with E-state index in [1.54, 1.807) is 18.2 Å². The van der Waals surface area contributed by atoms with Gasteiger partial charge in [0.2, 0.25) is 5.91 Å². The molecule has 1 atom stereocenters. The van der Waals surface area contributed by atoms with Crippen molar-refractivity contribution in [3.8, 4) is 0 Å². The van der Waals surface area contributed by atoms with Crippen LogP contribution in [0.3, 0.4) is 0 Å². The Labute approximate surface area is 137 Å². The second-order valence-corrected chi connectivity index (χ2v) is 5.71. The van der Waals surface area contributed by atoms with Crippen molar-refractivity contribution < 1.29 is 9.18 Å². The van der Waals surface area contributed by atoms with E-state index >= 15 is 0 Å². The summed E-state index contributed by atoms with van der Waals surface area (Å²) in [5, 5.41) is 3.03. The Kier molecular flexibility index (Phi) is 5.69. The van der Waals surface area contributed by atoms with Gasteiger partial charge in [0, 0.05) is 6.08 Å². The van der Waals surface area contributed by atoms with Crippen LogP contribution in [0.15, 0.2) is 48.5 Å². The van der Waals surface area contributed by atoms with Gasteiger partial charge in [-0.2, -0.15) is 0 Å². The molecule has 2 rings (SSSR count). The van der Waals surface area contributed by atoms with Crippen molar-refractivity contribution in [1.29, 1.82) is 0 Å². The van der Waals surface area contributed by atoms with Crippen LogP contribution in [-0.4, -0.2) is 5.91 Å². The number of amides is 1. The minimum Gasteiger partial charge on any atom is -0.346 e. The zero-order chi connectivity index (χ0) is 16.8. The van der Waals surface area contributed by atoms with Gasteiger partial charge in [-0.25, -0.2) is 4.39 Å². The predicted molar refractivity (Wildman–Crippen MR) is 92.5 cm³/mol. The summed E-state index contributed by atoms with van der Waals surface area (Å²) in [4.78, 5) is 12.1. The molecule has 0 spiro atoms. The van der Waals surface area contributed by atoms with E-state index < -0.39 is 0 Å². The highest BCUT2D eigenvalue weighted by atomic mass is 19.1. The molecule has 1 amide bonds. The first-order valence-electron chi connectivity index (χ1n) is 7.81. The first kappa shape index (κ1) is 16.9. The molecule has 23 heavy (non-hydrogen) atoms. The van der Waals surface area contributed by atoms with E-state index in [0.717, 1.165) is 17.5 Å². The molecule has 2 nitrogen and oxygen atoms in total. The number of hydrogen-bond donors (Lipinski definition) is 1. The number of aryl methyl sites for hydroxylation is 2. The van der Waals surface area contributed by atoms with Gasteiger partial charge < -0.3 is 5.32 Å². The smallest absolute Gasteiger partial charge is 0.244 e. The fourth-order valence-electron chi connectivity index (χ4n) is 2.58. The van der Waals surface area contributed by atoms with Gasteiger partial charge in [-0.1, -0.05) is 42.8 Å². The number of carbonyl (C=O) groups is 1. The van der Waals surface area contributed by atoms with E-state index in [1.165, 1.54) is 29.3 Å². The molecule has 0 saturated carbocycles. The van der Waals surface area contributed by atoms with Crippen LogP contribution in [0.1, 0.15) is 41.6 Å². The average Bonchev–Trinajstić information content (AvgIpc) is 2.52. The van der Waals surface area contributed by atoms with Gasteiger partial charge in [0.25, 0.3) is 0 Å². The highest BCUT2D eigenvalue weighted by Gasteiger charge is 2.13. The molecular formula is C20H22FNO. The summed E-state index contributed by atoms with van der Waals surface area (Å²) in [5.41, 5.74) is 4.33. The first-order valence-corrected chi connectivity index (χ1v) is 7.81. The third-order valence-electron chi connectivity index (χ3n) is 3.82. The Hall–Kier alpha value is -2.42. The third kappa shape index (κ3) is 4.78. The van der Waals surface area contributed by atoms with Gasteiger partial charge >= 0.3 is 0 Å². The summed E-state index contributed by atoms with van der Waals surface area (Å²) in [5.74, 6) is -0.436. The van der Waals surface area contributed by atoms with Gasteiger partial charge in [0.1, 0.15) is 5.82 Å².